The first-order chi connectivity index (χ1) is 9.35. The van der Waals surface area contributed by atoms with E-state index in [1.54, 1.807) is 6.92 Å². The lowest BCUT2D eigenvalue weighted by molar-refractivity contribution is -0.144. The summed E-state index contributed by atoms with van der Waals surface area (Å²) in [4.78, 5) is 11.3. The van der Waals surface area contributed by atoms with Gasteiger partial charge in [0.25, 0.3) is 0 Å². The molecule has 0 amide bonds. The van der Waals surface area contributed by atoms with Gasteiger partial charge in [0.2, 0.25) is 0 Å². The standard InChI is InChI=1S/C14H18ClF2NO2/c1-3-20-14(19)5-8(2)4-13(18)9-6-11(16)12(17)7-10(9)15/h6-8,13H,3-5,18H2,1-2H3. The van der Waals surface area contributed by atoms with Gasteiger partial charge in [0.1, 0.15) is 0 Å². The Hall–Kier alpha value is -1.20. The van der Waals surface area contributed by atoms with Gasteiger partial charge in [-0.1, -0.05) is 18.5 Å². The number of nitrogens with two attached hydrogens (primary N) is 1. The molecule has 0 radical (unpaired) electrons. The lowest BCUT2D eigenvalue weighted by atomic mass is 9.94. The fourth-order valence-electron chi connectivity index (χ4n) is 1.97. The van der Waals surface area contributed by atoms with E-state index in [0.717, 1.165) is 12.1 Å². The van der Waals surface area contributed by atoms with Crippen molar-refractivity contribution in [2.24, 2.45) is 11.7 Å². The van der Waals surface area contributed by atoms with Gasteiger partial charge in [0.15, 0.2) is 11.6 Å². The topological polar surface area (TPSA) is 52.3 Å². The SMILES string of the molecule is CCOC(=O)CC(C)CC(N)c1cc(F)c(F)cc1Cl. The first kappa shape index (κ1) is 16.9. The second-order valence-electron chi connectivity index (χ2n) is 4.74. The second kappa shape index (κ2) is 7.55. The van der Waals surface area contributed by atoms with Gasteiger partial charge in [0, 0.05) is 17.5 Å². The predicted molar refractivity (Wildman–Crippen MR) is 73.3 cm³/mol. The van der Waals surface area contributed by atoms with Gasteiger partial charge in [-0.05, 0) is 37.0 Å². The molecule has 1 rings (SSSR count). The Morgan fingerprint density at radius 1 is 1.40 bits per heavy atom. The molecular weight excluding hydrogens is 288 g/mol. The molecule has 0 saturated carbocycles. The molecular formula is C14H18ClF2NO2. The van der Waals surface area contributed by atoms with E-state index >= 15 is 0 Å². The number of benzene rings is 1. The van der Waals surface area contributed by atoms with E-state index in [9.17, 15) is 13.6 Å². The molecule has 0 aliphatic rings. The summed E-state index contributed by atoms with van der Waals surface area (Å²) in [7, 11) is 0. The molecule has 0 aliphatic heterocycles. The van der Waals surface area contributed by atoms with Crippen molar-refractivity contribution in [1.82, 2.24) is 0 Å². The average molecular weight is 306 g/mol. The zero-order valence-electron chi connectivity index (χ0n) is 11.5. The summed E-state index contributed by atoms with van der Waals surface area (Å²) in [5.41, 5.74) is 6.27. The Balaban J connectivity index is 2.69. The van der Waals surface area contributed by atoms with Crippen LogP contribution >= 0.6 is 11.6 Å². The van der Waals surface area contributed by atoms with Crippen LogP contribution in [0.5, 0.6) is 0 Å². The Labute approximate surface area is 122 Å². The normalized spacial score (nSPS) is 13.9. The highest BCUT2D eigenvalue weighted by atomic mass is 35.5. The maximum absolute atomic E-state index is 13.2. The molecule has 2 N–H and O–H groups in total. The Bertz CT molecular complexity index is 482. The summed E-state index contributed by atoms with van der Waals surface area (Å²) in [5, 5.41) is 0.0831. The van der Waals surface area contributed by atoms with Gasteiger partial charge in [-0.15, -0.1) is 0 Å². The lowest BCUT2D eigenvalue weighted by Gasteiger charge is -2.18. The zero-order chi connectivity index (χ0) is 15.3. The van der Waals surface area contributed by atoms with Crippen molar-refractivity contribution in [3.8, 4) is 0 Å². The summed E-state index contributed by atoms with van der Waals surface area (Å²) in [6, 6.07) is 1.34. The smallest absolute Gasteiger partial charge is 0.306 e. The van der Waals surface area contributed by atoms with Crippen molar-refractivity contribution >= 4 is 17.6 Å². The molecule has 0 heterocycles. The summed E-state index contributed by atoms with van der Waals surface area (Å²) < 4.78 is 31.0. The van der Waals surface area contributed by atoms with Crippen molar-refractivity contribution in [2.75, 3.05) is 6.61 Å². The van der Waals surface area contributed by atoms with Crippen LogP contribution in [0.25, 0.3) is 0 Å². The molecule has 112 valence electrons. The number of ether oxygens (including phenoxy) is 1. The molecule has 6 heteroatoms. The van der Waals surface area contributed by atoms with E-state index in [4.69, 9.17) is 22.1 Å². The number of rotatable bonds is 6. The number of carbonyl (C=O) groups excluding carboxylic acids is 1. The summed E-state index contributed by atoms with van der Waals surface area (Å²) >= 11 is 5.86. The monoisotopic (exact) mass is 305 g/mol. The van der Waals surface area contributed by atoms with E-state index in [-0.39, 0.29) is 23.3 Å². The van der Waals surface area contributed by atoms with Crippen LogP contribution in [-0.4, -0.2) is 12.6 Å². The first-order valence-corrected chi connectivity index (χ1v) is 6.78. The van der Waals surface area contributed by atoms with Gasteiger partial charge in [-0.2, -0.15) is 0 Å². The van der Waals surface area contributed by atoms with E-state index in [2.05, 4.69) is 0 Å². The molecule has 3 nitrogen and oxygen atoms in total. The van der Waals surface area contributed by atoms with Crippen LogP contribution in [0.4, 0.5) is 8.78 Å². The number of esters is 1. The van der Waals surface area contributed by atoms with Crippen LogP contribution in [0.1, 0.15) is 38.3 Å². The number of halogens is 3. The van der Waals surface area contributed by atoms with Crippen LogP contribution in [0, 0.1) is 17.6 Å². The van der Waals surface area contributed by atoms with E-state index in [1.165, 1.54) is 0 Å². The largest absolute Gasteiger partial charge is 0.466 e. The third kappa shape index (κ3) is 4.72. The Morgan fingerprint density at radius 3 is 2.60 bits per heavy atom. The molecule has 2 atom stereocenters. The van der Waals surface area contributed by atoms with Crippen LogP contribution in [0.15, 0.2) is 12.1 Å². The summed E-state index contributed by atoms with van der Waals surface area (Å²) in [6.45, 7) is 3.90. The number of carbonyl (C=O) groups is 1. The van der Waals surface area contributed by atoms with Gasteiger partial charge in [-0.3, -0.25) is 4.79 Å². The highest BCUT2D eigenvalue weighted by molar-refractivity contribution is 6.31. The van der Waals surface area contributed by atoms with Crippen molar-refractivity contribution in [2.45, 2.75) is 32.7 Å². The van der Waals surface area contributed by atoms with Crippen LogP contribution in [0.3, 0.4) is 0 Å². The number of hydrogen-bond acceptors (Lipinski definition) is 3. The van der Waals surface area contributed by atoms with Crippen LogP contribution < -0.4 is 5.73 Å². The minimum Gasteiger partial charge on any atom is -0.466 e. The minimum absolute atomic E-state index is 0.0479. The van der Waals surface area contributed by atoms with Gasteiger partial charge in [0.05, 0.1) is 6.61 Å². The molecule has 0 aliphatic carbocycles. The quantitative estimate of drug-likeness (QED) is 0.645. The third-order valence-electron chi connectivity index (χ3n) is 2.92. The van der Waals surface area contributed by atoms with Crippen LogP contribution in [0.2, 0.25) is 5.02 Å². The summed E-state index contributed by atoms with van der Waals surface area (Å²) in [5.74, 6) is -2.35. The summed E-state index contributed by atoms with van der Waals surface area (Å²) in [6.07, 6.45) is 0.645. The maximum Gasteiger partial charge on any atom is 0.306 e. The van der Waals surface area contributed by atoms with Gasteiger partial charge in [-0.25, -0.2) is 8.78 Å². The van der Waals surface area contributed by atoms with Crippen molar-refractivity contribution in [1.29, 1.82) is 0 Å². The molecule has 2 unspecified atom stereocenters. The fourth-order valence-corrected chi connectivity index (χ4v) is 2.26. The van der Waals surface area contributed by atoms with E-state index in [0.29, 0.717) is 18.6 Å². The third-order valence-corrected chi connectivity index (χ3v) is 3.24. The molecule has 0 spiro atoms. The molecule has 0 saturated heterocycles. The van der Waals surface area contributed by atoms with Crippen molar-refractivity contribution < 1.29 is 18.3 Å². The molecule has 0 aromatic heterocycles. The molecule has 20 heavy (non-hydrogen) atoms. The zero-order valence-corrected chi connectivity index (χ0v) is 12.2. The predicted octanol–water partition coefficient (Wildman–Crippen LogP) is 3.60. The highest BCUT2D eigenvalue weighted by Crippen LogP contribution is 2.29. The van der Waals surface area contributed by atoms with E-state index in [1.807, 2.05) is 6.92 Å². The average Bonchev–Trinajstić information content (AvgIpc) is 2.33. The Morgan fingerprint density at radius 2 is 2.00 bits per heavy atom. The van der Waals surface area contributed by atoms with Crippen molar-refractivity contribution in [3.63, 3.8) is 0 Å². The maximum atomic E-state index is 13.2. The minimum atomic E-state index is -1.01. The molecule has 1 aromatic carbocycles. The highest BCUT2D eigenvalue weighted by Gasteiger charge is 2.19. The van der Waals surface area contributed by atoms with Gasteiger partial charge >= 0.3 is 5.97 Å². The fraction of sp³-hybridized carbons (Fsp3) is 0.500. The van der Waals surface area contributed by atoms with Gasteiger partial charge < -0.3 is 10.5 Å². The second-order valence-corrected chi connectivity index (χ2v) is 5.15. The first-order valence-electron chi connectivity index (χ1n) is 6.40. The van der Waals surface area contributed by atoms with E-state index < -0.39 is 17.7 Å². The number of hydrogen-bond donors (Lipinski definition) is 1. The lowest BCUT2D eigenvalue weighted by Crippen LogP contribution is -2.18. The Kier molecular flexibility index (Phi) is 6.36. The molecule has 0 fully saturated rings. The molecule has 0 bridgehead atoms. The molecule has 1 aromatic rings. The van der Waals surface area contributed by atoms with Crippen LogP contribution in [-0.2, 0) is 9.53 Å². The van der Waals surface area contributed by atoms with Crippen molar-refractivity contribution in [3.05, 3.63) is 34.4 Å².